The van der Waals surface area contributed by atoms with Crippen LogP contribution in [0.25, 0.3) is 55.6 Å². The van der Waals surface area contributed by atoms with Crippen molar-refractivity contribution in [2.45, 2.75) is 38.5 Å². The van der Waals surface area contributed by atoms with Crippen LogP contribution in [0.3, 0.4) is 0 Å². The Kier molecular flexibility index (Phi) is 5.32. The third-order valence-corrected chi connectivity index (χ3v) is 9.89. The lowest BCUT2D eigenvalue weighted by Gasteiger charge is -2.22. The lowest BCUT2D eigenvalue weighted by Crippen LogP contribution is -2.14. The second-order valence-electron chi connectivity index (χ2n) is 13.0. The summed E-state index contributed by atoms with van der Waals surface area (Å²) in [4.78, 5) is 0. The smallest absolute Gasteiger partial charge is 0.0159 e. The molecule has 0 radical (unpaired) electrons. The highest BCUT2D eigenvalue weighted by Crippen LogP contribution is 2.51. The van der Waals surface area contributed by atoms with Crippen molar-refractivity contribution in [2.24, 2.45) is 0 Å². The molecule has 6 aromatic carbocycles. The summed E-state index contributed by atoms with van der Waals surface area (Å²) in [5.41, 5.74) is 18.7. The maximum atomic E-state index is 2.41. The van der Waals surface area contributed by atoms with Crippen LogP contribution in [0, 0.1) is 0 Å². The Bertz CT molecular complexity index is 1890. The van der Waals surface area contributed by atoms with Gasteiger partial charge in [0.25, 0.3) is 0 Å². The maximum Gasteiger partial charge on any atom is 0.0159 e. The van der Waals surface area contributed by atoms with E-state index in [4.69, 9.17) is 0 Å². The van der Waals surface area contributed by atoms with Crippen molar-refractivity contribution in [1.82, 2.24) is 0 Å². The molecule has 0 saturated heterocycles. The van der Waals surface area contributed by atoms with E-state index in [1.165, 1.54) is 77.9 Å². The van der Waals surface area contributed by atoms with E-state index in [2.05, 4.69) is 161 Å². The van der Waals surface area contributed by atoms with Crippen LogP contribution in [0.5, 0.6) is 0 Å². The van der Waals surface area contributed by atoms with Crippen molar-refractivity contribution in [3.63, 3.8) is 0 Å². The number of rotatable bonds is 3. The summed E-state index contributed by atoms with van der Waals surface area (Å²) >= 11 is 0. The Labute approximate surface area is 249 Å². The van der Waals surface area contributed by atoms with Gasteiger partial charge in [-0.15, -0.1) is 0 Å². The van der Waals surface area contributed by atoms with Gasteiger partial charge in [-0.05, 0) is 102 Å². The largest absolute Gasteiger partial charge is 0.0619 e. The van der Waals surface area contributed by atoms with Crippen LogP contribution >= 0.6 is 0 Å². The fourth-order valence-corrected chi connectivity index (χ4v) is 7.52. The van der Waals surface area contributed by atoms with E-state index in [1.54, 1.807) is 0 Å². The maximum absolute atomic E-state index is 2.41. The molecule has 0 N–H and O–H groups in total. The normalized spacial score (nSPS) is 15.0. The summed E-state index contributed by atoms with van der Waals surface area (Å²) in [6.45, 7) is 9.40. The van der Waals surface area contributed by atoms with Crippen LogP contribution in [0.15, 0.2) is 133 Å². The summed E-state index contributed by atoms with van der Waals surface area (Å²) in [5.74, 6) is 0. The summed E-state index contributed by atoms with van der Waals surface area (Å²) in [5, 5.41) is 0. The van der Waals surface area contributed by atoms with E-state index in [0.717, 1.165) is 0 Å². The lowest BCUT2D eigenvalue weighted by atomic mass is 9.81. The highest BCUT2D eigenvalue weighted by atomic mass is 14.4. The molecule has 0 bridgehead atoms. The summed E-state index contributed by atoms with van der Waals surface area (Å²) in [6, 6.07) is 49.8. The predicted molar refractivity (Wildman–Crippen MR) is 178 cm³/mol. The molecule has 202 valence electrons. The molecule has 0 aliphatic heterocycles. The minimum Gasteiger partial charge on any atom is -0.0619 e. The molecule has 0 nitrogen and oxygen atoms in total. The zero-order valence-electron chi connectivity index (χ0n) is 24.7. The average Bonchev–Trinajstić information content (AvgIpc) is 3.40. The Morgan fingerprint density at radius 1 is 0.286 bits per heavy atom. The quantitative estimate of drug-likeness (QED) is 0.210. The Morgan fingerprint density at radius 3 is 1.02 bits per heavy atom. The van der Waals surface area contributed by atoms with Gasteiger partial charge in [-0.3, -0.25) is 0 Å². The highest BCUT2D eigenvalue weighted by Gasteiger charge is 2.36. The summed E-state index contributed by atoms with van der Waals surface area (Å²) in [6.07, 6.45) is 0. The minimum atomic E-state index is -0.000324. The topological polar surface area (TPSA) is 0 Å². The molecule has 2 aliphatic rings. The van der Waals surface area contributed by atoms with Crippen molar-refractivity contribution in [3.8, 4) is 55.6 Å². The highest BCUT2D eigenvalue weighted by molar-refractivity contribution is 5.86. The van der Waals surface area contributed by atoms with Crippen LogP contribution in [0.2, 0.25) is 0 Å². The average molecular weight is 539 g/mol. The second kappa shape index (κ2) is 8.91. The van der Waals surface area contributed by atoms with Crippen LogP contribution in [0.4, 0.5) is 0 Å². The monoisotopic (exact) mass is 538 g/mol. The Balaban J connectivity index is 1.15. The number of fused-ring (bicyclic) bond motifs is 6. The molecule has 0 unspecified atom stereocenters. The fraction of sp³-hybridized carbons (Fsp3) is 0.143. The third-order valence-electron chi connectivity index (χ3n) is 9.89. The predicted octanol–water partition coefficient (Wildman–Crippen LogP) is 11.3. The molecule has 0 aromatic heterocycles. The molecule has 2 aliphatic carbocycles. The first-order chi connectivity index (χ1) is 20.3. The summed E-state index contributed by atoms with van der Waals surface area (Å²) < 4.78 is 0. The molecular formula is C42H34. The van der Waals surface area contributed by atoms with Gasteiger partial charge in [0.05, 0.1) is 0 Å². The van der Waals surface area contributed by atoms with Crippen LogP contribution in [-0.4, -0.2) is 0 Å². The standard InChI is InChI=1S/C42H34/c1-41(2)37-17-7-5-15-33(37)35-21-19-31(25-39(35)41)29-13-9-11-27(23-29)28-12-10-14-30(24-28)32-20-22-36-34-16-6-8-18-38(34)42(3,4)40(36)26-32/h5-26H,1-4H3. The first-order valence-corrected chi connectivity index (χ1v) is 15.0. The van der Waals surface area contributed by atoms with Crippen molar-refractivity contribution in [2.75, 3.05) is 0 Å². The number of benzene rings is 6. The number of hydrogen-bond donors (Lipinski definition) is 0. The lowest BCUT2D eigenvalue weighted by molar-refractivity contribution is 0.660. The van der Waals surface area contributed by atoms with Gasteiger partial charge in [0.1, 0.15) is 0 Å². The molecular weight excluding hydrogens is 504 g/mol. The van der Waals surface area contributed by atoms with Gasteiger partial charge in [0.15, 0.2) is 0 Å². The van der Waals surface area contributed by atoms with Gasteiger partial charge < -0.3 is 0 Å². The minimum absolute atomic E-state index is 0.000324. The Hall–Kier alpha value is -4.68. The van der Waals surface area contributed by atoms with E-state index in [0.29, 0.717) is 0 Å². The SMILES string of the molecule is CC1(C)c2ccccc2-c2ccc(-c3cccc(-c4cccc(-c5ccc6c(c5)C(C)(C)c5ccccc5-6)c4)c3)cc21. The molecule has 0 atom stereocenters. The number of hydrogen-bond acceptors (Lipinski definition) is 0. The van der Waals surface area contributed by atoms with Crippen LogP contribution in [-0.2, 0) is 10.8 Å². The fourth-order valence-electron chi connectivity index (χ4n) is 7.52. The molecule has 0 spiro atoms. The molecule has 8 rings (SSSR count). The zero-order chi connectivity index (χ0) is 28.6. The van der Waals surface area contributed by atoms with E-state index in [9.17, 15) is 0 Å². The zero-order valence-corrected chi connectivity index (χ0v) is 24.7. The van der Waals surface area contributed by atoms with Crippen LogP contribution in [0.1, 0.15) is 49.9 Å². The van der Waals surface area contributed by atoms with E-state index in [1.807, 2.05) is 0 Å². The van der Waals surface area contributed by atoms with E-state index >= 15 is 0 Å². The van der Waals surface area contributed by atoms with Gasteiger partial charge in [0.2, 0.25) is 0 Å². The molecule has 6 aromatic rings. The van der Waals surface area contributed by atoms with Crippen molar-refractivity contribution in [1.29, 1.82) is 0 Å². The molecule has 0 amide bonds. The van der Waals surface area contributed by atoms with Gasteiger partial charge in [-0.1, -0.05) is 137 Å². The van der Waals surface area contributed by atoms with E-state index in [-0.39, 0.29) is 10.8 Å². The molecule has 0 saturated carbocycles. The van der Waals surface area contributed by atoms with Gasteiger partial charge in [0, 0.05) is 10.8 Å². The van der Waals surface area contributed by atoms with Crippen molar-refractivity contribution >= 4 is 0 Å². The van der Waals surface area contributed by atoms with Gasteiger partial charge in [-0.25, -0.2) is 0 Å². The van der Waals surface area contributed by atoms with Gasteiger partial charge >= 0.3 is 0 Å². The van der Waals surface area contributed by atoms with Gasteiger partial charge in [-0.2, -0.15) is 0 Å². The van der Waals surface area contributed by atoms with Crippen molar-refractivity contribution in [3.05, 3.63) is 156 Å². The first kappa shape index (κ1) is 25.1. The molecule has 0 heteroatoms. The summed E-state index contributed by atoms with van der Waals surface area (Å²) in [7, 11) is 0. The molecule has 0 heterocycles. The first-order valence-electron chi connectivity index (χ1n) is 15.0. The molecule has 42 heavy (non-hydrogen) atoms. The van der Waals surface area contributed by atoms with E-state index < -0.39 is 0 Å². The van der Waals surface area contributed by atoms with Crippen LogP contribution < -0.4 is 0 Å². The Morgan fingerprint density at radius 2 is 0.619 bits per heavy atom. The van der Waals surface area contributed by atoms with Crippen molar-refractivity contribution < 1.29 is 0 Å². The second-order valence-corrected chi connectivity index (χ2v) is 13.0. The molecule has 0 fully saturated rings. The third kappa shape index (κ3) is 3.61.